The lowest BCUT2D eigenvalue weighted by Gasteiger charge is -2.05. The van der Waals surface area contributed by atoms with E-state index in [0.717, 1.165) is 12.1 Å². The van der Waals surface area contributed by atoms with Crippen LogP contribution in [0.1, 0.15) is 5.56 Å². The number of carbonyl (C=O) groups is 1. The van der Waals surface area contributed by atoms with Crippen molar-refractivity contribution < 1.29 is 19.2 Å². The van der Waals surface area contributed by atoms with E-state index in [1.165, 1.54) is 17.8 Å². The number of fused-ring (bicyclic) bond motifs is 1. The molecule has 0 bridgehead atoms. The molecule has 0 aliphatic heterocycles. The second kappa shape index (κ2) is 4.89. The van der Waals surface area contributed by atoms with E-state index in [0.29, 0.717) is 5.56 Å². The molecule has 106 valence electrons. The van der Waals surface area contributed by atoms with E-state index in [1.54, 1.807) is 0 Å². The van der Waals surface area contributed by atoms with Gasteiger partial charge < -0.3 is 15.4 Å². The van der Waals surface area contributed by atoms with E-state index in [1.807, 2.05) is 0 Å². The summed E-state index contributed by atoms with van der Waals surface area (Å²) < 4.78 is 15.2. The third kappa shape index (κ3) is 2.21. The number of aryl methyl sites for hydroxylation is 1. The Balaban J connectivity index is 2.69. The number of carboxylic acids is 1. The molecule has 1 heterocycles. The average molecular weight is 281 g/mol. The first-order chi connectivity index (χ1) is 9.32. The van der Waals surface area contributed by atoms with E-state index in [-0.39, 0.29) is 23.0 Å². The maximum atomic E-state index is 13.8. The topological polar surface area (TPSA) is 111 Å². The largest absolute Gasteiger partial charge is 0.480 e. The number of benzene rings is 1. The monoisotopic (exact) mass is 281 g/mol. The Bertz CT molecular complexity index is 710. The number of non-ortho nitro benzene ring substituents is 1. The molecule has 20 heavy (non-hydrogen) atoms. The molecule has 0 saturated heterocycles. The fourth-order valence-corrected chi connectivity index (χ4v) is 2.21. The molecule has 0 radical (unpaired) electrons. The van der Waals surface area contributed by atoms with Gasteiger partial charge in [0.2, 0.25) is 0 Å². The van der Waals surface area contributed by atoms with Crippen LogP contribution in [0.2, 0.25) is 0 Å². The number of aliphatic carboxylic acids is 1. The maximum Gasteiger partial charge on any atom is 0.320 e. The lowest BCUT2D eigenvalue weighted by Crippen LogP contribution is -2.32. The number of carboxylic acid groups (broad SMARTS) is 1. The summed E-state index contributed by atoms with van der Waals surface area (Å²) in [6.45, 7) is 0. The van der Waals surface area contributed by atoms with Crippen molar-refractivity contribution in [3.8, 4) is 0 Å². The van der Waals surface area contributed by atoms with Gasteiger partial charge in [0.15, 0.2) is 0 Å². The Morgan fingerprint density at radius 2 is 2.25 bits per heavy atom. The van der Waals surface area contributed by atoms with Crippen molar-refractivity contribution in [3.05, 3.63) is 39.8 Å². The fourth-order valence-electron chi connectivity index (χ4n) is 2.21. The third-order valence-electron chi connectivity index (χ3n) is 3.08. The van der Waals surface area contributed by atoms with Crippen LogP contribution in [0.5, 0.6) is 0 Å². The molecule has 2 rings (SSSR count). The molecule has 0 fully saturated rings. The fraction of sp³-hybridized carbons (Fsp3) is 0.250. The summed E-state index contributed by atoms with van der Waals surface area (Å²) in [4.78, 5) is 21.2. The molecule has 0 spiro atoms. The molecule has 7 nitrogen and oxygen atoms in total. The Hall–Kier alpha value is -2.48. The van der Waals surface area contributed by atoms with Crippen molar-refractivity contribution in [2.45, 2.75) is 12.5 Å². The van der Waals surface area contributed by atoms with Gasteiger partial charge in [-0.15, -0.1) is 0 Å². The number of hydrogen-bond acceptors (Lipinski definition) is 4. The van der Waals surface area contributed by atoms with Crippen molar-refractivity contribution in [1.82, 2.24) is 4.57 Å². The summed E-state index contributed by atoms with van der Waals surface area (Å²) in [5, 5.41) is 19.9. The first-order valence-corrected chi connectivity index (χ1v) is 5.72. The van der Waals surface area contributed by atoms with E-state index >= 15 is 0 Å². The minimum Gasteiger partial charge on any atom is -0.480 e. The molecule has 8 heteroatoms. The summed E-state index contributed by atoms with van der Waals surface area (Å²) >= 11 is 0. The second-order valence-electron chi connectivity index (χ2n) is 4.46. The predicted octanol–water partition coefficient (Wildman–Crippen LogP) is 1.18. The number of hydrogen-bond donors (Lipinski definition) is 2. The van der Waals surface area contributed by atoms with Crippen LogP contribution in [0.15, 0.2) is 18.3 Å². The van der Waals surface area contributed by atoms with E-state index in [2.05, 4.69) is 0 Å². The Morgan fingerprint density at radius 1 is 1.60 bits per heavy atom. The minimum absolute atomic E-state index is 0.0618. The maximum absolute atomic E-state index is 13.8. The number of halogens is 1. The van der Waals surface area contributed by atoms with Crippen LogP contribution in [0, 0.1) is 15.9 Å². The van der Waals surface area contributed by atoms with Crippen LogP contribution in [0.3, 0.4) is 0 Å². The molecular weight excluding hydrogens is 269 g/mol. The molecule has 0 amide bonds. The molecule has 2 aromatic rings. The van der Waals surface area contributed by atoms with E-state index in [4.69, 9.17) is 10.8 Å². The standard InChI is InChI=1S/C12H12FN3O4/c1-15-5-6(4-8(14)12(17)18)10-9(16(19)20)3-2-7(13)11(10)15/h2-3,5,8H,4,14H2,1H3,(H,17,18). The number of rotatable bonds is 4. The molecule has 1 aromatic carbocycles. The van der Waals surface area contributed by atoms with Gasteiger partial charge in [-0.05, 0) is 11.6 Å². The van der Waals surface area contributed by atoms with Crippen LogP contribution in [-0.4, -0.2) is 26.6 Å². The highest BCUT2D eigenvalue weighted by atomic mass is 19.1. The van der Waals surface area contributed by atoms with E-state index in [9.17, 15) is 19.3 Å². The molecule has 0 aliphatic rings. The van der Waals surface area contributed by atoms with Gasteiger partial charge in [0.25, 0.3) is 5.69 Å². The highest BCUT2D eigenvalue weighted by Gasteiger charge is 2.24. The number of nitro groups is 1. The lowest BCUT2D eigenvalue weighted by atomic mass is 10.0. The smallest absolute Gasteiger partial charge is 0.320 e. The molecule has 3 N–H and O–H groups in total. The highest BCUT2D eigenvalue weighted by molar-refractivity contribution is 5.93. The molecule has 1 aromatic heterocycles. The predicted molar refractivity (Wildman–Crippen MR) is 68.8 cm³/mol. The number of nitrogens with zero attached hydrogens (tertiary/aromatic N) is 2. The van der Waals surface area contributed by atoms with Crippen LogP contribution in [-0.2, 0) is 18.3 Å². The molecule has 1 atom stereocenters. The van der Waals surface area contributed by atoms with Crippen molar-refractivity contribution in [3.63, 3.8) is 0 Å². The Labute approximate surface area is 112 Å². The Kier molecular flexibility index (Phi) is 3.41. The highest BCUT2D eigenvalue weighted by Crippen LogP contribution is 2.32. The van der Waals surface area contributed by atoms with Gasteiger partial charge in [0, 0.05) is 25.7 Å². The van der Waals surface area contributed by atoms with Crippen molar-refractivity contribution in [2.75, 3.05) is 0 Å². The van der Waals surface area contributed by atoms with Crippen molar-refractivity contribution in [2.24, 2.45) is 12.8 Å². The van der Waals surface area contributed by atoms with E-state index < -0.39 is 22.8 Å². The van der Waals surface area contributed by atoms with Gasteiger partial charge in [-0.3, -0.25) is 14.9 Å². The van der Waals surface area contributed by atoms with Gasteiger partial charge in [-0.25, -0.2) is 4.39 Å². The average Bonchev–Trinajstić information content (AvgIpc) is 2.67. The molecule has 1 unspecified atom stereocenters. The van der Waals surface area contributed by atoms with Crippen LogP contribution in [0.4, 0.5) is 10.1 Å². The van der Waals surface area contributed by atoms with Gasteiger partial charge >= 0.3 is 5.97 Å². The first kappa shape index (κ1) is 13.9. The zero-order valence-corrected chi connectivity index (χ0v) is 10.5. The minimum atomic E-state index is -1.22. The van der Waals surface area contributed by atoms with Crippen LogP contribution in [0.25, 0.3) is 10.9 Å². The Morgan fingerprint density at radius 3 is 2.80 bits per heavy atom. The summed E-state index contributed by atoms with van der Waals surface area (Å²) in [7, 11) is 1.53. The van der Waals surface area contributed by atoms with Gasteiger partial charge in [-0.2, -0.15) is 0 Å². The van der Waals surface area contributed by atoms with Gasteiger partial charge in [-0.1, -0.05) is 0 Å². The lowest BCUT2D eigenvalue weighted by molar-refractivity contribution is -0.383. The van der Waals surface area contributed by atoms with Gasteiger partial charge in [0.1, 0.15) is 11.9 Å². The summed E-state index contributed by atoms with van der Waals surface area (Å²) in [6.07, 6.45) is 1.35. The third-order valence-corrected chi connectivity index (χ3v) is 3.08. The van der Waals surface area contributed by atoms with Crippen LogP contribution >= 0.6 is 0 Å². The van der Waals surface area contributed by atoms with Crippen LogP contribution < -0.4 is 5.73 Å². The van der Waals surface area contributed by atoms with Crippen molar-refractivity contribution in [1.29, 1.82) is 0 Å². The number of aromatic nitrogens is 1. The van der Waals surface area contributed by atoms with Gasteiger partial charge in [0.05, 0.1) is 15.8 Å². The summed E-state index contributed by atoms with van der Waals surface area (Å²) in [5.74, 6) is -1.83. The number of nitrogens with two attached hydrogens (primary N) is 1. The summed E-state index contributed by atoms with van der Waals surface area (Å²) in [5.41, 5.74) is 5.57. The summed E-state index contributed by atoms with van der Waals surface area (Å²) in [6, 6.07) is 0.873. The normalized spacial score (nSPS) is 12.6. The number of nitro benzene ring substituents is 1. The van der Waals surface area contributed by atoms with Crippen molar-refractivity contribution >= 4 is 22.6 Å². The SMILES string of the molecule is Cn1cc(CC(N)C(=O)O)c2c([N+](=O)[O-])ccc(F)c21. The second-order valence-corrected chi connectivity index (χ2v) is 4.46. The quantitative estimate of drug-likeness (QED) is 0.645. The molecule has 0 aliphatic carbocycles. The molecular formula is C12H12FN3O4. The zero-order chi connectivity index (χ0) is 15.0. The molecule has 0 saturated carbocycles. The zero-order valence-electron chi connectivity index (χ0n) is 10.5. The first-order valence-electron chi connectivity index (χ1n) is 5.72.